The van der Waals surface area contributed by atoms with Crippen LogP contribution in [0.5, 0.6) is 11.5 Å². The maximum atomic E-state index is 9.89. The third kappa shape index (κ3) is 4.95. The molecular formula is C19H22N2O2. The van der Waals surface area contributed by atoms with Crippen LogP contribution < -0.4 is 0 Å². The van der Waals surface area contributed by atoms with Gasteiger partial charge in [0, 0.05) is 23.6 Å². The first kappa shape index (κ1) is 16.7. The molecule has 0 saturated heterocycles. The lowest BCUT2D eigenvalue weighted by Crippen LogP contribution is -2.21. The summed E-state index contributed by atoms with van der Waals surface area (Å²) in [4.78, 5) is 8.87. The Labute approximate surface area is 136 Å². The monoisotopic (exact) mass is 310 g/mol. The number of phenols is 2. The molecule has 0 aromatic heterocycles. The summed E-state index contributed by atoms with van der Waals surface area (Å²) in [6.07, 6.45) is 3.32. The van der Waals surface area contributed by atoms with Gasteiger partial charge >= 0.3 is 0 Å². The van der Waals surface area contributed by atoms with Crippen molar-refractivity contribution in [1.29, 1.82) is 0 Å². The number of aryl methyl sites for hydroxylation is 1. The molecule has 0 aliphatic carbocycles. The number of nitrogens with zero attached hydrogens (tertiary/aromatic N) is 2. The molecule has 120 valence electrons. The van der Waals surface area contributed by atoms with Gasteiger partial charge in [-0.15, -0.1) is 0 Å². The molecule has 0 heterocycles. The second-order valence-electron chi connectivity index (χ2n) is 6.16. The standard InChI is InChI=1S/C19H22N2O2/c1-14-8-9-16(18(23)10-14)12-21-19(2,3)13-20-11-15-6-4-5-7-17(15)22/h4-12,22-23H,13H2,1-3H3. The van der Waals surface area contributed by atoms with E-state index < -0.39 is 5.54 Å². The van der Waals surface area contributed by atoms with Crippen LogP contribution in [0.4, 0.5) is 0 Å². The molecular weight excluding hydrogens is 288 g/mol. The van der Waals surface area contributed by atoms with Crippen LogP contribution in [-0.2, 0) is 0 Å². The van der Waals surface area contributed by atoms with Crippen LogP contribution in [0.15, 0.2) is 52.4 Å². The minimum absolute atomic E-state index is 0.210. The molecule has 0 aliphatic rings. The molecule has 0 unspecified atom stereocenters. The first-order valence-electron chi connectivity index (χ1n) is 7.50. The molecule has 4 nitrogen and oxygen atoms in total. The lowest BCUT2D eigenvalue weighted by Gasteiger charge is -2.16. The van der Waals surface area contributed by atoms with E-state index in [9.17, 15) is 10.2 Å². The third-order valence-electron chi connectivity index (χ3n) is 3.38. The van der Waals surface area contributed by atoms with Crippen molar-refractivity contribution in [3.8, 4) is 11.5 Å². The molecule has 0 spiro atoms. The number of para-hydroxylation sites is 1. The number of rotatable bonds is 5. The fraction of sp³-hybridized carbons (Fsp3) is 0.263. The van der Waals surface area contributed by atoms with Gasteiger partial charge in [-0.2, -0.15) is 0 Å². The Morgan fingerprint density at radius 2 is 1.65 bits per heavy atom. The highest BCUT2D eigenvalue weighted by Gasteiger charge is 2.14. The first-order chi connectivity index (χ1) is 10.9. The second kappa shape index (κ2) is 7.09. The Morgan fingerprint density at radius 3 is 2.35 bits per heavy atom. The Bertz CT molecular complexity index is 734. The summed E-state index contributed by atoms with van der Waals surface area (Å²) in [5, 5.41) is 19.6. The molecule has 0 amide bonds. The van der Waals surface area contributed by atoms with E-state index in [1.165, 1.54) is 0 Å². The predicted molar refractivity (Wildman–Crippen MR) is 95.1 cm³/mol. The van der Waals surface area contributed by atoms with Gasteiger partial charge in [0.15, 0.2) is 0 Å². The van der Waals surface area contributed by atoms with Crippen molar-refractivity contribution >= 4 is 12.4 Å². The first-order valence-corrected chi connectivity index (χ1v) is 7.50. The summed E-state index contributed by atoms with van der Waals surface area (Å²) < 4.78 is 0. The van der Waals surface area contributed by atoms with E-state index in [2.05, 4.69) is 9.98 Å². The van der Waals surface area contributed by atoms with Crippen molar-refractivity contribution in [3.05, 3.63) is 59.2 Å². The zero-order chi connectivity index (χ0) is 16.9. The highest BCUT2D eigenvalue weighted by atomic mass is 16.3. The lowest BCUT2D eigenvalue weighted by atomic mass is 10.1. The average molecular weight is 310 g/mol. The highest BCUT2D eigenvalue weighted by Crippen LogP contribution is 2.18. The number of aromatic hydroxyl groups is 2. The average Bonchev–Trinajstić information content (AvgIpc) is 2.48. The molecule has 2 aromatic rings. The largest absolute Gasteiger partial charge is 0.507 e. The number of aliphatic imine (C=N–C) groups is 2. The lowest BCUT2D eigenvalue weighted by molar-refractivity contribution is 0.473. The van der Waals surface area contributed by atoms with E-state index in [0.717, 1.165) is 5.56 Å². The minimum Gasteiger partial charge on any atom is -0.507 e. The quantitative estimate of drug-likeness (QED) is 0.827. The van der Waals surface area contributed by atoms with Gasteiger partial charge in [0.25, 0.3) is 0 Å². The van der Waals surface area contributed by atoms with Crippen LogP contribution in [0.1, 0.15) is 30.5 Å². The zero-order valence-corrected chi connectivity index (χ0v) is 13.7. The number of hydrogen-bond donors (Lipinski definition) is 2. The molecule has 0 fully saturated rings. The molecule has 2 rings (SSSR count). The second-order valence-corrected chi connectivity index (χ2v) is 6.16. The summed E-state index contributed by atoms with van der Waals surface area (Å²) in [6.45, 7) is 6.34. The van der Waals surface area contributed by atoms with Crippen molar-refractivity contribution in [2.45, 2.75) is 26.3 Å². The fourth-order valence-electron chi connectivity index (χ4n) is 2.01. The van der Waals surface area contributed by atoms with Crippen molar-refractivity contribution in [2.24, 2.45) is 9.98 Å². The highest BCUT2D eigenvalue weighted by molar-refractivity contribution is 5.84. The van der Waals surface area contributed by atoms with Gasteiger partial charge in [-0.1, -0.05) is 18.2 Å². The molecule has 0 radical (unpaired) electrons. The van der Waals surface area contributed by atoms with Gasteiger partial charge in [-0.05, 0) is 50.6 Å². The van der Waals surface area contributed by atoms with E-state index in [4.69, 9.17) is 0 Å². The Morgan fingerprint density at radius 1 is 0.957 bits per heavy atom. The number of phenolic OH excluding ortho intramolecular Hbond substituents is 2. The van der Waals surface area contributed by atoms with Crippen LogP contribution >= 0.6 is 0 Å². The number of hydrogen-bond acceptors (Lipinski definition) is 4. The van der Waals surface area contributed by atoms with Crippen LogP contribution in [0.2, 0.25) is 0 Å². The van der Waals surface area contributed by atoms with Crippen molar-refractivity contribution < 1.29 is 10.2 Å². The maximum Gasteiger partial charge on any atom is 0.124 e. The smallest absolute Gasteiger partial charge is 0.124 e. The zero-order valence-electron chi connectivity index (χ0n) is 13.7. The Balaban J connectivity index is 2.04. The van der Waals surface area contributed by atoms with Gasteiger partial charge in [-0.3, -0.25) is 9.98 Å². The topological polar surface area (TPSA) is 65.2 Å². The minimum atomic E-state index is -0.405. The predicted octanol–water partition coefficient (Wildman–Crippen LogP) is 3.72. The molecule has 0 aliphatic heterocycles. The van der Waals surface area contributed by atoms with Gasteiger partial charge in [0.2, 0.25) is 0 Å². The molecule has 0 bridgehead atoms. The van der Waals surface area contributed by atoms with E-state index in [0.29, 0.717) is 17.7 Å². The summed E-state index contributed by atoms with van der Waals surface area (Å²) in [6, 6.07) is 12.5. The van der Waals surface area contributed by atoms with Crippen molar-refractivity contribution in [3.63, 3.8) is 0 Å². The van der Waals surface area contributed by atoms with E-state index in [1.807, 2.05) is 39.0 Å². The molecule has 0 saturated carbocycles. The van der Waals surface area contributed by atoms with E-state index >= 15 is 0 Å². The molecule has 0 atom stereocenters. The van der Waals surface area contributed by atoms with Gasteiger partial charge in [0.05, 0.1) is 12.1 Å². The Hall–Kier alpha value is -2.62. The summed E-state index contributed by atoms with van der Waals surface area (Å²) in [5.41, 5.74) is 1.97. The summed E-state index contributed by atoms with van der Waals surface area (Å²) in [7, 11) is 0. The Kier molecular flexibility index (Phi) is 5.16. The van der Waals surface area contributed by atoms with Crippen LogP contribution in [0, 0.1) is 6.92 Å². The summed E-state index contributed by atoms with van der Waals surface area (Å²) >= 11 is 0. The van der Waals surface area contributed by atoms with Crippen molar-refractivity contribution in [1.82, 2.24) is 0 Å². The molecule has 2 N–H and O–H groups in total. The van der Waals surface area contributed by atoms with Gasteiger partial charge < -0.3 is 10.2 Å². The molecule has 23 heavy (non-hydrogen) atoms. The van der Waals surface area contributed by atoms with Crippen LogP contribution in [0.25, 0.3) is 0 Å². The van der Waals surface area contributed by atoms with E-state index in [-0.39, 0.29) is 11.5 Å². The third-order valence-corrected chi connectivity index (χ3v) is 3.38. The van der Waals surface area contributed by atoms with Gasteiger partial charge in [-0.25, -0.2) is 0 Å². The molecule has 2 aromatic carbocycles. The normalized spacial score (nSPS) is 12.3. The maximum absolute atomic E-state index is 9.89. The van der Waals surface area contributed by atoms with Gasteiger partial charge in [0.1, 0.15) is 11.5 Å². The summed E-state index contributed by atoms with van der Waals surface area (Å²) in [5.74, 6) is 0.435. The fourth-order valence-corrected chi connectivity index (χ4v) is 2.01. The van der Waals surface area contributed by atoms with Crippen LogP contribution in [0.3, 0.4) is 0 Å². The number of benzene rings is 2. The van der Waals surface area contributed by atoms with Crippen LogP contribution in [-0.4, -0.2) is 34.7 Å². The van der Waals surface area contributed by atoms with Crippen molar-refractivity contribution in [2.75, 3.05) is 6.54 Å². The SMILES string of the molecule is Cc1ccc(C=NC(C)(C)CN=Cc2ccccc2O)c(O)c1. The van der Waals surface area contributed by atoms with E-state index in [1.54, 1.807) is 36.7 Å². The molecule has 4 heteroatoms.